The fraction of sp³-hybridized carbons (Fsp3) is 0.100. The lowest BCUT2D eigenvalue weighted by Gasteiger charge is -1.94. The molecule has 0 saturated heterocycles. The van der Waals surface area contributed by atoms with Gasteiger partial charge in [-0.25, -0.2) is 0 Å². The van der Waals surface area contributed by atoms with Crippen molar-refractivity contribution in [3.05, 3.63) is 41.5 Å². The third-order valence-corrected chi connectivity index (χ3v) is 1.52. The highest BCUT2D eigenvalue weighted by Gasteiger charge is 1.95. The van der Waals surface area contributed by atoms with E-state index < -0.39 is 5.91 Å². The second-order valence-electron chi connectivity index (χ2n) is 2.54. The van der Waals surface area contributed by atoms with Crippen LogP contribution in [0.1, 0.15) is 12.5 Å². The van der Waals surface area contributed by atoms with Gasteiger partial charge in [-0.2, -0.15) is 0 Å². The number of nitrogens with two attached hydrogens (primary N) is 1. The summed E-state index contributed by atoms with van der Waals surface area (Å²) in [6.07, 6.45) is 1.65. The number of primary amides is 1. The van der Waals surface area contributed by atoms with Crippen molar-refractivity contribution < 1.29 is 7.62 Å². The smallest absolute Gasteiger partial charge is 0.244 e. The Hall–Kier alpha value is -1.57. The van der Waals surface area contributed by atoms with Crippen molar-refractivity contribution in [2.45, 2.75) is 6.92 Å². The molecular weight excluding hydrogens is 150 g/mol. The Morgan fingerprint density at radius 2 is 2.17 bits per heavy atom. The average Bonchev–Trinajstić information content (AvgIpc) is 2.18. The lowest BCUT2D eigenvalue weighted by Crippen LogP contribution is -2.11. The van der Waals surface area contributed by atoms with Gasteiger partial charge < -0.3 is 5.72 Å². The SMILES string of the molecule is [2H]N([2H])C(=O)/C(C)=C/c1ccccc1. The molecule has 0 aliphatic heterocycles. The Morgan fingerprint density at radius 3 is 2.75 bits per heavy atom. The van der Waals surface area contributed by atoms with Gasteiger partial charge in [0.15, 0.2) is 2.82 Å². The maximum Gasteiger partial charge on any atom is 0.244 e. The molecule has 2 N–H and O–H groups in total. The van der Waals surface area contributed by atoms with Crippen molar-refractivity contribution in [1.29, 1.82) is 0 Å². The first-order valence-corrected chi connectivity index (χ1v) is 3.67. The molecule has 0 radical (unpaired) electrons. The van der Waals surface area contributed by atoms with Gasteiger partial charge in [-0.15, -0.1) is 0 Å². The Bertz CT molecular complexity index is 346. The highest BCUT2D eigenvalue weighted by Crippen LogP contribution is 2.04. The standard InChI is InChI=1S/C10H11NO/c1-8(10(11)12)7-9-5-3-2-4-6-9/h2-7H,1H3,(H2,11,12)/b8-7+/i/hD2. The number of rotatable bonds is 2. The number of hydrogen-bond acceptors (Lipinski definition) is 1. The van der Waals surface area contributed by atoms with E-state index in [9.17, 15) is 4.79 Å². The Morgan fingerprint density at radius 1 is 1.50 bits per heavy atom. The minimum Gasteiger partial charge on any atom is -0.366 e. The summed E-state index contributed by atoms with van der Waals surface area (Å²) in [4.78, 5) is 11.1. The van der Waals surface area contributed by atoms with Gasteiger partial charge in [-0.05, 0) is 18.6 Å². The molecule has 1 rings (SSSR count). The van der Waals surface area contributed by atoms with Gasteiger partial charge >= 0.3 is 0 Å². The second kappa shape index (κ2) is 3.72. The quantitative estimate of drug-likeness (QED) is 0.661. The summed E-state index contributed by atoms with van der Waals surface area (Å²) in [5.74, 6) is -0.617. The minimum absolute atomic E-state index is 0.0781. The van der Waals surface area contributed by atoms with Crippen LogP contribution in [0.2, 0.25) is 2.82 Å². The Balaban J connectivity index is 2.84. The molecule has 0 saturated carbocycles. The summed E-state index contributed by atoms with van der Waals surface area (Å²) >= 11 is 0. The van der Waals surface area contributed by atoms with E-state index in [2.05, 4.69) is 0 Å². The van der Waals surface area contributed by atoms with Crippen molar-refractivity contribution in [3.8, 4) is 0 Å². The van der Waals surface area contributed by atoms with E-state index in [1.165, 1.54) is 0 Å². The Kier molecular flexibility index (Phi) is 1.86. The molecule has 0 bridgehead atoms. The van der Waals surface area contributed by atoms with Gasteiger partial charge in [0.05, 0.1) is 0 Å². The summed E-state index contributed by atoms with van der Waals surface area (Å²) in [5.41, 5.74) is 1.34. The summed E-state index contributed by atoms with van der Waals surface area (Å²) in [6, 6.07) is 9.32. The van der Waals surface area contributed by atoms with Crippen LogP contribution in [0.25, 0.3) is 6.08 Å². The molecule has 0 unspecified atom stereocenters. The van der Waals surface area contributed by atoms with Crippen LogP contribution in [-0.2, 0) is 4.79 Å². The van der Waals surface area contributed by atoms with E-state index in [4.69, 9.17) is 2.82 Å². The maximum atomic E-state index is 11.1. The average molecular weight is 163 g/mol. The lowest BCUT2D eigenvalue weighted by atomic mass is 10.1. The van der Waals surface area contributed by atoms with Gasteiger partial charge in [0.2, 0.25) is 5.91 Å². The monoisotopic (exact) mass is 163 g/mol. The van der Waals surface area contributed by atoms with E-state index in [0.717, 1.165) is 5.56 Å². The topological polar surface area (TPSA) is 43.1 Å². The van der Waals surface area contributed by atoms with E-state index in [1.807, 2.05) is 30.3 Å². The van der Waals surface area contributed by atoms with E-state index >= 15 is 0 Å². The molecule has 0 fully saturated rings. The van der Waals surface area contributed by atoms with Crippen molar-refractivity contribution in [1.82, 2.24) is 0 Å². The fourth-order valence-corrected chi connectivity index (χ4v) is 0.861. The predicted molar refractivity (Wildman–Crippen MR) is 49.3 cm³/mol. The van der Waals surface area contributed by atoms with Crippen LogP contribution in [0, 0.1) is 0 Å². The van der Waals surface area contributed by atoms with Gasteiger partial charge in [0, 0.05) is 5.57 Å². The van der Waals surface area contributed by atoms with Crippen molar-refractivity contribution in [2.75, 3.05) is 0 Å². The van der Waals surface area contributed by atoms with Crippen LogP contribution in [-0.4, -0.2) is 5.91 Å². The Labute approximate surface area is 74.6 Å². The first kappa shape index (κ1) is 6.00. The molecule has 12 heavy (non-hydrogen) atoms. The van der Waals surface area contributed by atoms with E-state index in [0.29, 0.717) is 5.57 Å². The molecule has 2 nitrogen and oxygen atoms in total. The van der Waals surface area contributed by atoms with E-state index in [1.54, 1.807) is 13.0 Å². The summed E-state index contributed by atoms with van der Waals surface area (Å²) in [6.45, 7) is 1.59. The third kappa shape index (κ3) is 2.23. The van der Waals surface area contributed by atoms with Crippen molar-refractivity contribution in [2.24, 2.45) is 5.72 Å². The molecule has 0 atom stereocenters. The molecule has 0 spiro atoms. The molecule has 0 aromatic heterocycles. The number of hydrogen-bond donors (Lipinski definition) is 1. The van der Waals surface area contributed by atoms with Crippen LogP contribution in [0.3, 0.4) is 0 Å². The molecule has 1 aromatic carbocycles. The summed E-state index contributed by atoms with van der Waals surface area (Å²) in [7, 11) is 0. The molecule has 2 heteroatoms. The van der Waals surface area contributed by atoms with Crippen LogP contribution < -0.4 is 5.72 Å². The lowest BCUT2D eigenvalue weighted by molar-refractivity contribution is -0.114. The molecule has 0 aliphatic rings. The van der Waals surface area contributed by atoms with E-state index in [-0.39, 0.29) is 5.72 Å². The third-order valence-electron chi connectivity index (χ3n) is 1.52. The molecule has 1 aromatic rings. The van der Waals surface area contributed by atoms with Crippen LogP contribution in [0.4, 0.5) is 0 Å². The first-order valence-electron chi connectivity index (χ1n) is 4.56. The second-order valence-corrected chi connectivity index (χ2v) is 2.54. The van der Waals surface area contributed by atoms with Crippen LogP contribution >= 0.6 is 0 Å². The molecule has 0 heterocycles. The summed E-state index contributed by atoms with van der Waals surface area (Å²) in [5, 5.41) is 0. The molecule has 1 amide bonds. The zero-order valence-corrected chi connectivity index (χ0v) is 6.82. The zero-order valence-electron chi connectivity index (χ0n) is 8.82. The number of amides is 1. The largest absolute Gasteiger partial charge is 0.366 e. The van der Waals surface area contributed by atoms with Crippen molar-refractivity contribution in [3.63, 3.8) is 0 Å². The van der Waals surface area contributed by atoms with Crippen molar-refractivity contribution >= 4 is 12.0 Å². The first-order chi connectivity index (χ1) is 6.61. The molecule has 0 aliphatic carbocycles. The predicted octanol–water partition coefficient (Wildman–Crippen LogP) is 1.58. The van der Waals surface area contributed by atoms with Gasteiger partial charge in [-0.1, -0.05) is 30.3 Å². The highest BCUT2D eigenvalue weighted by atomic mass is 16.1. The van der Waals surface area contributed by atoms with Gasteiger partial charge in [0.25, 0.3) is 0 Å². The normalized spacial score (nSPS) is 13.2. The summed E-state index contributed by atoms with van der Waals surface area (Å²) < 4.78 is 13.6. The zero-order chi connectivity index (χ0) is 10.6. The number of benzene rings is 1. The highest BCUT2D eigenvalue weighted by molar-refractivity contribution is 5.95. The number of carbonyl (C=O) groups is 1. The minimum atomic E-state index is -0.617. The van der Waals surface area contributed by atoms with Crippen LogP contribution in [0.5, 0.6) is 0 Å². The van der Waals surface area contributed by atoms with Crippen LogP contribution in [0.15, 0.2) is 35.9 Å². The number of carbonyl (C=O) groups excluding carboxylic acids is 1. The molecule has 62 valence electrons. The maximum absolute atomic E-state index is 11.1. The molecular formula is C10H11NO. The van der Waals surface area contributed by atoms with Gasteiger partial charge in [-0.3, -0.25) is 4.79 Å². The van der Waals surface area contributed by atoms with Gasteiger partial charge in [0.1, 0.15) is 0 Å². The fourth-order valence-electron chi connectivity index (χ4n) is 0.861.